The lowest BCUT2D eigenvalue weighted by molar-refractivity contribution is -0.121. The van der Waals surface area contributed by atoms with E-state index >= 15 is 0 Å². The first-order valence-electron chi connectivity index (χ1n) is 8.30. The van der Waals surface area contributed by atoms with Crippen LogP contribution in [0.1, 0.15) is 28.3 Å². The number of carbonyl (C=O) groups is 2. The van der Waals surface area contributed by atoms with Crippen LogP contribution < -0.4 is 4.74 Å². The van der Waals surface area contributed by atoms with E-state index in [2.05, 4.69) is 0 Å². The average molecular weight is 355 g/mol. The van der Waals surface area contributed by atoms with Gasteiger partial charge < -0.3 is 14.3 Å². The molecule has 2 aromatic rings. The average Bonchev–Trinajstić information content (AvgIpc) is 3.20. The maximum atomic E-state index is 12.7. The number of ketones is 2. The summed E-state index contributed by atoms with van der Waals surface area (Å²) in [5, 5.41) is 10.0. The minimum absolute atomic E-state index is 0.104. The zero-order valence-electron chi connectivity index (χ0n) is 15.0. The van der Waals surface area contributed by atoms with E-state index in [4.69, 9.17) is 9.15 Å². The van der Waals surface area contributed by atoms with E-state index in [1.165, 1.54) is 0 Å². The Kier molecular flexibility index (Phi) is 4.95. The SMILES string of the molecule is COc1ccccc1Cc1ccc(C(=O)C2=C(O)C(=O)C(N(C)C)C2)o1. The molecule has 0 fully saturated rings. The third-order valence-corrected chi connectivity index (χ3v) is 4.56. The molecule has 6 nitrogen and oxygen atoms in total. The molecular formula is C20H21NO5. The standard InChI is InChI=1S/C20H21NO5/c1-21(2)15-11-14(19(23)20(15)24)18(22)17-9-8-13(26-17)10-12-6-4-5-7-16(12)25-3/h4-9,15,23H,10-11H2,1-3H3. The largest absolute Gasteiger partial charge is 0.504 e. The first kappa shape index (κ1) is 17.9. The van der Waals surface area contributed by atoms with Crippen molar-refractivity contribution in [1.82, 2.24) is 4.90 Å². The van der Waals surface area contributed by atoms with Crippen LogP contribution in [0, 0.1) is 0 Å². The monoisotopic (exact) mass is 355 g/mol. The number of methoxy groups -OCH3 is 1. The van der Waals surface area contributed by atoms with E-state index in [1.54, 1.807) is 38.2 Å². The van der Waals surface area contributed by atoms with Gasteiger partial charge in [-0.05, 0) is 32.3 Å². The Morgan fingerprint density at radius 2 is 2.00 bits per heavy atom. The summed E-state index contributed by atoms with van der Waals surface area (Å²) in [4.78, 5) is 26.4. The number of nitrogens with zero attached hydrogens (tertiary/aromatic N) is 1. The van der Waals surface area contributed by atoms with Crippen molar-refractivity contribution < 1.29 is 23.8 Å². The molecule has 1 aromatic heterocycles. The number of ether oxygens (including phenoxy) is 1. The zero-order chi connectivity index (χ0) is 18.8. The van der Waals surface area contributed by atoms with E-state index in [-0.39, 0.29) is 17.8 Å². The normalized spacial score (nSPS) is 17.2. The number of hydrogen-bond donors (Lipinski definition) is 1. The molecule has 3 rings (SSSR count). The van der Waals surface area contributed by atoms with E-state index in [0.717, 1.165) is 11.3 Å². The van der Waals surface area contributed by atoms with Crippen molar-refractivity contribution >= 4 is 11.6 Å². The zero-order valence-corrected chi connectivity index (χ0v) is 15.0. The quantitative estimate of drug-likeness (QED) is 0.803. The number of likely N-dealkylation sites (N-methyl/N-ethyl adjacent to an activating group) is 1. The van der Waals surface area contributed by atoms with E-state index in [0.29, 0.717) is 12.2 Å². The first-order chi connectivity index (χ1) is 12.4. The van der Waals surface area contributed by atoms with Crippen LogP contribution in [0.3, 0.4) is 0 Å². The van der Waals surface area contributed by atoms with Gasteiger partial charge in [-0.1, -0.05) is 18.2 Å². The highest BCUT2D eigenvalue weighted by Crippen LogP contribution is 2.29. The third kappa shape index (κ3) is 3.28. The van der Waals surface area contributed by atoms with Crippen molar-refractivity contribution in [2.75, 3.05) is 21.2 Å². The lowest BCUT2D eigenvalue weighted by atomic mass is 10.1. The molecular weight excluding hydrogens is 334 g/mol. The number of benzene rings is 1. The van der Waals surface area contributed by atoms with Gasteiger partial charge in [-0.2, -0.15) is 0 Å². The Morgan fingerprint density at radius 1 is 1.27 bits per heavy atom. The van der Waals surface area contributed by atoms with Crippen LogP contribution in [0.4, 0.5) is 0 Å². The summed E-state index contributed by atoms with van der Waals surface area (Å²) in [6.07, 6.45) is 0.653. The van der Waals surface area contributed by atoms with Crippen molar-refractivity contribution in [3.63, 3.8) is 0 Å². The smallest absolute Gasteiger partial charge is 0.228 e. The molecule has 1 aromatic carbocycles. The van der Waals surface area contributed by atoms with Crippen LogP contribution in [-0.4, -0.2) is 48.8 Å². The molecule has 0 saturated carbocycles. The summed E-state index contributed by atoms with van der Waals surface area (Å²) in [6.45, 7) is 0. The van der Waals surface area contributed by atoms with Crippen molar-refractivity contribution in [2.24, 2.45) is 0 Å². The molecule has 0 spiro atoms. The Labute approximate surface area is 151 Å². The highest BCUT2D eigenvalue weighted by atomic mass is 16.5. The van der Waals surface area contributed by atoms with Gasteiger partial charge in [0.25, 0.3) is 0 Å². The van der Waals surface area contributed by atoms with Gasteiger partial charge in [0.1, 0.15) is 11.5 Å². The highest BCUT2D eigenvalue weighted by Gasteiger charge is 2.38. The van der Waals surface area contributed by atoms with E-state index < -0.39 is 23.4 Å². The molecule has 0 aliphatic heterocycles. The lowest BCUT2D eigenvalue weighted by Crippen LogP contribution is -2.33. The summed E-state index contributed by atoms with van der Waals surface area (Å²) >= 11 is 0. The van der Waals surface area contributed by atoms with Crippen LogP contribution in [0.5, 0.6) is 5.75 Å². The number of Topliss-reactive ketones (excluding diaryl/α,β-unsaturated/α-hetero) is 2. The number of carbonyl (C=O) groups excluding carboxylic acids is 2. The van der Waals surface area contributed by atoms with Gasteiger partial charge in [0.2, 0.25) is 11.6 Å². The van der Waals surface area contributed by atoms with E-state index in [1.807, 2.05) is 24.3 Å². The number of hydrogen-bond acceptors (Lipinski definition) is 6. The van der Waals surface area contributed by atoms with Crippen molar-refractivity contribution in [3.05, 3.63) is 64.8 Å². The van der Waals surface area contributed by atoms with Crippen LogP contribution in [0.25, 0.3) is 0 Å². The summed E-state index contributed by atoms with van der Waals surface area (Å²) < 4.78 is 11.0. The Hall–Kier alpha value is -2.86. The molecule has 0 bridgehead atoms. The van der Waals surface area contributed by atoms with Crippen molar-refractivity contribution in [1.29, 1.82) is 0 Å². The molecule has 1 aliphatic rings. The number of aliphatic hydroxyl groups is 1. The highest BCUT2D eigenvalue weighted by molar-refractivity contribution is 6.15. The first-order valence-corrected chi connectivity index (χ1v) is 8.30. The second-order valence-electron chi connectivity index (χ2n) is 6.46. The summed E-state index contributed by atoms with van der Waals surface area (Å²) in [5.74, 6) is 0.115. The molecule has 1 unspecified atom stereocenters. The number of para-hydroxylation sites is 1. The van der Waals surface area contributed by atoms with Gasteiger partial charge in [-0.3, -0.25) is 14.5 Å². The second kappa shape index (κ2) is 7.17. The number of rotatable bonds is 6. The minimum atomic E-state index is -0.517. The van der Waals surface area contributed by atoms with Gasteiger partial charge in [0.15, 0.2) is 11.5 Å². The minimum Gasteiger partial charge on any atom is -0.504 e. The molecule has 1 atom stereocenters. The third-order valence-electron chi connectivity index (χ3n) is 4.56. The van der Waals surface area contributed by atoms with Gasteiger partial charge in [-0.25, -0.2) is 0 Å². The van der Waals surface area contributed by atoms with Crippen molar-refractivity contribution in [3.8, 4) is 5.75 Å². The molecule has 6 heteroatoms. The van der Waals surface area contributed by atoms with Gasteiger partial charge in [-0.15, -0.1) is 0 Å². The fourth-order valence-electron chi connectivity index (χ4n) is 3.09. The Morgan fingerprint density at radius 3 is 2.65 bits per heavy atom. The molecule has 26 heavy (non-hydrogen) atoms. The van der Waals surface area contributed by atoms with Crippen molar-refractivity contribution in [2.45, 2.75) is 18.9 Å². The van der Waals surface area contributed by atoms with Crippen LogP contribution in [0.2, 0.25) is 0 Å². The topological polar surface area (TPSA) is 80.0 Å². The van der Waals surface area contributed by atoms with Gasteiger partial charge in [0.05, 0.1) is 18.7 Å². The molecule has 1 heterocycles. The second-order valence-corrected chi connectivity index (χ2v) is 6.46. The molecule has 1 aliphatic carbocycles. The fraction of sp³-hybridized carbons (Fsp3) is 0.300. The lowest BCUT2D eigenvalue weighted by Gasteiger charge is -2.16. The molecule has 0 radical (unpaired) electrons. The van der Waals surface area contributed by atoms with Crippen LogP contribution in [0.15, 0.2) is 52.1 Å². The van der Waals surface area contributed by atoms with E-state index in [9.17, 15) is 14.7 Å². The molecule has 1 N–H and O–H groups in total. The molecule has 136 valence electrons. The number of aliphatic hydroxyl groups excluding tert-OH is 1. The maximum Gasteiger partial charge on any atom is 0.228 e. The van der Waals surface area contributed by atoms with Crippen LogP contribution >= 0.6 is 0 Å². The summed E-state index contributed by atoms with van der Waals surface area (Å²) in [7, 11) is 5.08. The predicted molar refractivity (Wildman–Crippen MR) is 95.6 cm³/mol. The van der Waals surface area contributed by atoms with Gasteiger partial charge in [0, 0.05) is 18.4 Å². The summed E-state index contributed by atoms with van der Waals surface area (Å²) in [5.41, 5.74) is 1.04. The Bertz CT molecular complexity index is 878. The number of furan rings is 1. The summed E-state index contributed by atoms with van der Waals surface area (Å²) in [6, 6.07) is 10.3. The predicted octanol–water partition coefficient (Wildman–Crippen LogP) is 2.78. The molecule has 0 saturated heterocycles. The van der Waals surface area contributed by atoms with Gasteiger partial charge >= 0.3 is 0 Å². The fourth-order valence-corrected chi connectivity index (χ4v) is 3.09. The maximum absolute atomic E-state index is 12.7. The molecule has 0 amide bonds. The van der Waals surface area contributed by atoms with Crippen LogP contribution in [-0.2, 0) is 11.2 Å². The Balaban J connectivity index is 1.80.